The number of anilines is 1. The molecule has 2 aromatic rings. The fourth-order valence-corrected chi connectivity index (χ4v) is 1.36. The summed E-state index contributed by atoms with van der Waals surface area (Å²) in [7, 11) is 1.56. The number of benzene rings is 1. The van der Waals surface area contributed by atoms with Gasteiger partial charge in [0.25, 0.3) is 0 Å². The van der Waals surface area contributed by atoms with E-state index in [0.717, 1.165) is 0 Å². The van der Waals surface area contributed by atoms with Crippen LogP contribution in [0.1, 0.15) is 10.5 Å². The van der Waals surface area contributed by atoms with Crippen molar-refractivity contribution >= 4 is 11.8 Å². The monoisotopic (exact) mass is 234 g/mol. The van der Waals surface area contributed by atoms with Gasteiger partial charge in [-0.2, -0.15) is 4.68 Å². The summed E-state index contributed by atoms with van der Waals surface area (Å²) in [6.07, 6.45) is 0. The van der Waals surface area contributed by atoms with E-state index in [2.05, 4.69) is 10.3 Å². The largest absolute Gasteiger partial charge is 0.497 e. The molecule has 1 aromatic carbocycles. The van der Waals surface area contributed by atoms with E-state index in [-0.39, 0.29) is 11.5 Å². The molecular weight excluding hydrogens is 224 g/mol. The molecule has 3 N–H and O–H groups in total. The highest BCUT2D eigenvalue weighted by atomic mass is 16.5. The minimum atomic E-state index is -1.21. The van der Waals surface area contributed by atoms with Crippen LogP contribution in [-0.4, -0.2) is 33.2 Å². The molecule has 0 fully saturated rings. The van der Waals surface area contributed by atoms with Crippen molar-refractivity contribution in [1.29, 1.82) is 0 Å². The van der Waals surface area contributed by atoms with Crippen LogP contribution in [0.3, 0.4) is 0 Å². The summed E-state index contributed by atoms with van der Waals surface area (Å²) in [6, 6.07) is 6.85. The van der Waals surface area contributed by atoms with Gasteiger partial charge in [0.05, 0.1) is 12.8 Å². The Kier molecular flexibility index (Phi) is 2.65. The van der Waals surface area contributed by atoms with Gasteiger partial charge in [-0.15, -0.1) is 5.10 Å². The quantitative estimate of drug-likeness (QED) is 0.804. The highest BCUT2D eigenvalue weighted by Crippen LogP contribution is 2.18. The third-order valence-corrected chi connectivity index (χ3v) is 2.22. The first-order chi connectivity index (χ1) is 8.13. The summed E-state index contributed by atoms with van der Waals surface area (Å²) in [5, 5.41) is 16.0. The van der Waals surface area contributed by atoms with Crippen LogP contribution in [-0.2, 0) is 0 Å². The zero-order valence-corrected chi connectivity index (χ0v) is 8.99. The van der Waals surface area contributed by atoms with Crippen molar-refractivity contribution in [3.05, 3.63) is 30.0 Å². The van der Waals surface area contributed by atoms with E-state index in [4.69, 9.17) is 15.6 Å². The molecule has 0 unspecified atom stereocenters. The molecule has 1 aromatic heterocycles. The predicted octanol–water partition coefficient (Wildman–Crippen LogP) is 0.556. The van der Waals surface area contributed by atoms with Gasteiger partial charge in [0.2, 0.25) is 5.69 Å². The van der Waals surface area contributed by atoms with Gasteiger partial charge in [0.1, 0.15) is 5.75 Å². The maximum absolute atomic E-state index is 10.8. The summed E-state index contributed by atoms with van der Waals surface area (Å²) in [5.41, 5.74) is 5.98. The Morgan fingerprint density at radius 1 is 1.41 bits per heavy atom. The number of carboxylic acids is 1. The van der Waals surface area contributed by atoms with E-state index in [1.54, 1.807) is 31.4 Å². The fraction of sp³-hybridized carbons (Fsp3) is 0.100. The molecule has 17 heavy (non-hydrogen) atoms. The first-order valence-electron chi connectivity index (χ1n) is 4.72. The van der Waals surface area contributed by atoms with E-state index in [1.807, 2.05) is 0 Å². The molecule has 0 aliphatic heterocycles. The molecule has 1 heterocycles. The van der Waals surface area contributed by atoms with Crippen LogP contribution in [0.25, 0.3) is 5.69 Å². The SMILES string of the molecule is COc1ccc(-n2nnc(C(=O)O)c2N)cc1. The topological polar surface area (TPSA) is 103 Å². The summed E-state index contributed by atoms with van der Waals surface area (Å²) in [5.74, 6) is -0.532. The lowest BCUT2D eigenvalue weighted by Gasteiger charge is -2.04. The number of rotatable bonds is 3. The van der Waals surface area contributed by atoms with Crippen molar-refractivity contribution in [1.82, 2.24) is 15.0 Å². The second kappa shape index (κ2) is 4.12. The molecule has 0 bridgehead atoms. The average molecular weight is 234 g/mol. The van der Waals surface area contributed by atoms with Crippen LogP contribution in [0.4, 0.5) is 5.82 Å². The van der Waals surface area contributed by atoms with Crippen LogP contribution in [0.5, 0.6) is 5.75 Å². The maximum Gasteiger partial charge on any atom is 0.360 e. The molecule has 88 valence electrons. The van der Waals surface area contributed by atoms with Crippen molar-refractivity contribution in [2.45, 2.75) is 0 Å². The van der Waals surface area contributed by atoms with Crippen molar-refractivity contribution in [3.8, 4) is 11.4 Å². The Bertz CT molecular complexity index is 547. The molecule has 0 atom stereocenters. The molecule has 7 heteroatoms. The van der Waals surface area contributed by atoms with Gasteiger partial charge in [0.15, 0.2) is 5.82 Å². The number of methoxy groups -OCH3 is 1. The number of carbonyl (C=O) groups is 1. The van der Waals surface area contributed by atoms with E-state index >= 15 is 0 Å². The number of hydrogen-bond donors (Lipinski definition) is 2. The lowest BCUT2D eigenvalue weighted by atomic mass is 10.3. The van der Waals surface area contributed by atoms with Crippen LogP contribution in [0, 0.1) is 0 Å². The van der Waals surface area contributed by atoms with Crippen LogP contribution in [0.2, 0.25) is 0 Å². The Morgan fingerprint density at radius 2 is 2.06 bits per heavy atom. The molecule has 2 rings (SSSR count). The number of aromatic carboxylic acids is 1. The van der Waals surface area contributed by atoms with E-state index in [0.29, 0.717) is 11.4 Å². The normalized spacial score (nSPS) is 10.2. The standard InChI is InChI=1S/C10H10N4O3/c1-17-7-4-2-6(3-5-7)14-9(11)8(10(15)16)12-13-14/h2-5H,11H2,1H3,(H,15,16). The minimum Gasteiger partial charge on any atom is -0.497 e. The van der Waals surface area contributed by atoms with Gasteiger partial charge in [-0.25, -0.2) is 4.79 Å². The Labute approximate surface area is 96.4 Å². The smallest absolute Gasteiger partial charge is 0.360 e. The van der Waals surface area contributed by atoms with Gasteiger partial charge in [-0.05, 0) is 24.3 Å². The Morgan fingerprint density at radius 3 is 2.53 bits per heavy atom. The van der Waals surface area contributed by atoms with E-state index < -0.39 is 5.97 Å². The predicted molar refractivity (Wildman–Crippen MR) is 59.3 cm³/mol. The maximum atomic E-state index is 10.8. The zero-order valence-electron chi connectivity index (χ0n) is 8.99. The van der Waals surface area contributed by atoms with Gasteiger partial charge in [0, 0.05) is 0 Å². The Balaban J connectivity index is 2.42. The van der Waals surface area contributed by atoms with Crippen molar-refractivity contribution in [3.63, 3.8) is 0 Å². The molecule has 0 radical (unpaired) electrons. The number of ether oxygens (including phenoxy) is 1. The summed E-state index contributed by atoms with van der Waals surface area (Å²) in [6.45, 7) is 0. The number of aromatic nitrogens is 3. The van der Waals surface area contributed by atoms with Crippen molar-refractivity contribution in [2.24, 2.45) is 0 Å². The lowest BCUT2D eigenvalue weighted by molar-refractivity contribution is 0.0691. The molecule has 0 saturated carbocycles. The van der Waals surface area contributed by atoms with Crippen molar-refractivity contribution < 1.29 is 14.6 Å². The van der Waals surface area contributed by atoms with Gasteiger partial charge >= 0.3 is 5.97 Å². The van der Waals surface area contributed by atoms with Gasteiger partial charge < -0.3 is 15.6 Å². The van der Waals surface area contributed by atoms with Crippen LogP contribution >= 0.6 is 0 Å². The fourth-order valence-electron chi connectivity index (χ4n) is 1.36. The number of hydrogen-bond acceptors (Lipinski definition) is 5. The summed E-state index contributed by atoms with van der Waals surface area (Å²) < 4.78 is 6.26. The van der Waals surface area contributed by atoms with Gasteiger partial charge in [-0.3, -0.25) is 0 Å². The zero-order chi connectivity index (χ0) is 12.4. The number of carboxylic acid groups (broad SMARTS) is 1. The lowest BCUT2D eigenvalue weighted by Crippen LogP contribution is -2.05. The second-order valence-electron chi connectivity index (χ2n) is 3.24. The first-order valence-corrected chi connectivity index (χ1v) is 4.72. The highest BCUT2D eigenvalue weighted by Gasteiger charge is 2.16. The van der Waals surface area contributed by atoms with E-state index in [9.17, 15) is 4.79 Å². The second-order valence-corrected chi connectivity index (χ2v) is 3.24. The highest BCUT2D eigenvalue weighted by molar-refractivity contribution is 5.90. The molecule has 7 nitrogen and oxygen atoms in total. The third kappa shape index (κ3) is 1.89. The molecular formula is C10H10N4O3. The summed E-state index contributed by atoms with van der Waals surface area (Å²) >= 11 is 0. The number of nitrogens with two attached hydrogens (primary N) is 1. The third-order valence-electron chi connectivity index (χ3n) is 2.22. The van der Waals surface area contributed by atoms with Crippen molar-refractivity contribution in [2.75, 3.05) is 12.8 Å². The van der Waals surface area contributed by atoms with Crippen LogP contribution < -0.4 is 10.5 Å². The number of nitrogen functional groups attached to an aromatic ring is 1. The first kappa shape index (κ1) is 10.9. The average Bonchev–Trinajstić information content (AvgIpc) is 2.71. The molecule has 0 aliphatic rings. The van der Waals surface area contributed by atoms with Gasteiger partial charge in [-0.1, -0.05) is 5.21 Å². The molecule has 0 saturated heterocycles. The molecule has 0 amide bonds. The summed E-state index contributed by atoms with van der Waals surface area (Å²) in [4.78, 5) is 10.8. The minimum absolute atomic E-state index is 0.0114. The van der Waals surface area contributed by atoms with E-state index in [1.165, 1.54) is 4.68 Å². The molecule has 0 aliphatic carbocycles. The number of nitrogens with zero attached hydrogens (tertiary/aromatic N) is 3. The Hall–Kier alpha value is -2.57. The molecule has 0 spiro atoms. The van der Waals surface area contributed by atoms with Crippen LogP contribution in [0.15, 0.2) is 24.3 Å².